The van der Waals surface area contributed by atoms with E-state index in [-0.39, 0.29) is 23.7 Å². The highest BCUT2D eigenvalue weighted by atomic mass is 35.5. The number of ether oxygens (including phenoxy) is 1. The predicted octanol–water partition coefficient (Wildman–Crippen LogP) is 3.50. The topological polar surface area (TPSA) is 113 Å². The van der Waals surface area contributed by atoms with Gasteiger partial charge < -0.3 is 9.64 Å². The molecule has 5 heterocycles. The molecule has 0 radical (unpaired) electrons. The molecule has 1 spiro atoms. The largest absolute Gasteiger partial charge is 0.370 e. The number of hydrogen-bond donors (Lipinski definition) is 2. The van der Waals surface area contributed by atoms with Gasteiger partial charge in [-0.25, -0.2) is 28.1 Å². The second-order valence-electron chi connectivity index (χ2n) is 11.6. The summed E-state index contributed by atoms with van der Waals surface area (Å²) in [6, 6.07) is 0.466. The van der Waals surface area contributed by atoms with Crippen molar-refractivity contribution in [3.63, 3.8) is 0 Å². The molecule has 4 aliphatic rings. The van der Waals surface area contributed by atoms with E-state index in [1.165, 1.54) is 6.26 Å². The van der Waals surface area contributed by atoms with E-state index in [0.717, 1.165) is 62.3 Å². The van der Waals surface area contributed by atoms with Gasteiger partial charge in [-0.2, -0.15) is 0 Å². The zero-order chi connectivity index (χ0) is 27.4. The van der Waals surface area contributed by atoms with Gasteiger partial charge in [0.2, 0.25) is 16.0 Å². The minimum absolute atomic E-state index is 0.0948. The summed E-state index contributed by atoms with van der Waals surface area (Å²) in [7, 11) is -3.11. The summed E-state index contributed by atoms with van der Waals surface area (Å²) < 4.78 is 31.7. The van der Waals surface area contributed by atoms with Crippen molar-refractivity contribution in [2.75, 3.05) is 37.3 Å². The molecule has 13 heteroatoms. The van der Waals surface area contributed by atoms with Gasteiger partial charge in [-0.3, -0.25) is 10.4 Å². The molecule has 1 aliphatic carbocycles. The van der Waals surface area contributed by atoms with E-state index in [1.54, 1.807) is 16.7 Å². The number of nitrogens with zero attached hydrogens (tertiary/aromatic N) is 5. The van der Waals surface area contributed by atoms with Crippen LogP contribution in [0.3, 0.4) is 0 Å². The van der Waals surface area contributed by atoms with Gasteiger partial charge in [-0.1, -0.05) is 23.2 Å². The Kier molecular flexibility index (Phi) is 7.54. The quantitative estimate of drug-likeness (QED) is 0.518. The van der Waals surface area contributed by atoms with Crippen LogP contribution in [0.15, 0.2) is 24.8 Å². The third kappa shape index (κ3) is 5.51. The van der Waals surface area contributed by atoms with Crippen molar-refractivity contribution < 1.29 is 13.2 Å². The Morgan fingerprint density at radius 1 is 1.05 bits per heavy atom. The van der Waals surface area contributed by atoms with Crippen LogP contribution in [0, 0.1) is 11.3 Å². The zero-order valence-corrected chi connectivity index (χ0v) is 24.5. The van der Waals surface area contributed by atoms with Crippen molar-refractivity contribution in [2.45, 2.75) is 63.3 Å². The van der Waals surface area contributed by atoms with E-state index in [1.807, 2.05) is 19.3 Å². The van der Waals surface area contributed by atoms with Gasteiger partial charge in [-0.15, -0.1) is 0 Å². The van der Waals surface area contributed by atoms with Crippen LogP contribution in [0.4, 0.5) is 5.95 Å². The average Bonchev–Trinajstić information content (AvgIpc) is 3.30. The Labute approximate surface area is 239 Å². The molecule has 2 N–H and O–H groups in total. The van der Waals surface area contributed by atoms with Crippen molar-refractivity contribution in [1.82, 2.24) is 30.1 Å². The number of nitrogens with one attached hydrogen (secondary N) is 2. The van der Waals surface area contributed by atoms with Crippen LogP contribution < -0.4 is 15.8 Å². The standard InChI is InChI=1S/C26H35Cl2N7O3S/c1-16(23-20(27)12-29-13-21(23)28)38-18-3-4-22-19(9-18)24(33-32-22)17-10-30-25(31-11-17)34-14-26(15-34)5-7-35(8-6-26)39(2,36)37/h10-13,16,18-19,22,24,32-33H,3-9,14-15H2,1-2H3/t16-,18?,19?,22?,24?/m1/s1. The SMILES string of the molecule is C[C@@H](OC1CCC2NNC(c3cnc(N4CC5(CCN(S(C)(=O)=O)CC5)C4)nc3)C2C1)c1c(Cl)cncc1Cl. The minimum Gasteiger partial charge on any atom is -0.370 e. The summed E-state index contributed by atoms with van der Waals surface area (Å²) in [5, 5.41) is 1.05. The molecular weight excluding hydrogens is 561 g/mol. The highest BCUT2D eigenvalue weighted by Gasteiger charge is 2.47. The Morgan fingerprint density at radius 3 is 2.36 bits per heavy atom. The first kappa shape index (κ1) is 27.6. The third-order valence-electron chi connectivity index (χ3n) is 9.00. The maximum atomic E-state index is 11.8. The average molecular weight is 597 g/mol. The maximum absolute atomic E-state index is 11.8. The molecule has 39 heavy (non-hydrogen) atoms. The van der Waals surface area contributed by atoms with Gasteiger partial charge in [0.15, 0.2) is 0 Å². The summed E-state index contributed by atoms with van der Waals surface area (Å²) in [4.78, 5) is 15.7. The fourth-order valence-corrected chi connectivity index (χ4v) is 8.32. The molecule has 2 aromatic rings. The summed E-state index contributed by atoms with van der Waals surface area (Å²) in [6.45, 7) is 4.94. The smallest absolute Gasteiger partial charge is 0.225 e. The van der Waals surface area contributed by atoms with E-state index in [9.17, 15) is 8.42 Å². The van der Waals surface area contributed by atoms with Gasteiger partial charge >= 0.3 is 0 Å². The van der Waals surface area contributed by atoms with Crippen molar-refractivity contribution in [3.05, 3.63) is 46.0 Å². The lowest BCUT2D eigenvalue weighted by Gasteiger charge is -2.53. The summed E-state index contributed by atoms with van der Waals surface area (Å²) in [5.41, 5.74) is 8.97. The highest BCUT2D eigenvalue weighted by Crippen LogP contribution is 2.43. The van der Waals surface area contributed by atoms with Crippen molar-refractivity contribution in [3.8, 4) is 0 Å². The molecule has 4 fully saturated rings. The van der Waals surface area contributed by atoms with E-state index in [4.69, 9.17) is 37.9 Å². The molecule has 1 saturated carbocycles. The lowest BCUT2D eigenvalue weighted by Crippen LogP contribution is -2.61. The first-order chi connectivity index (χ1) is 18.6. The van der Waals surface area contributed by atoms with Gasteiger partial charge in [0.05, 0.1) is 34.6 Å². The molecule has 0 amide bonds. The molecule has 5 atom stereocenters. The molecule has 0 bridgehead atoms. The second kappa shape index (κ2) is 10.7. The Balaban J connectivity index is 1.06. The van der Waals surface area contributed by atoms with Gasteiger partial charge in [0.1, 0.15) is 0 Å². The molecular formula is C26H35Cl2N7O3S. The second-order valence-corrected chi connectivity index (χ2v) is 14.4. The number of aromatic nitrogens is 3. The van der Waals surface area contributed by atoms with E-state index in [0.29, 0.717) is 35.1 Å². The molecule has 2 aromatic heterocycles. The van der Waals surface area contributed by atoms with Gasteiger partial charge in [0.25, 0.3) is 0 Å². The number of rotatable bonds is 6. The highest BCUT2D eigenvalue weighted by molar-refractivity contribution is 7.88. The van der Waals surface area contributed by atoms with Crippen LogP contribution in [-0.4, -0.2) is 72.3 Å². The monoisotopic (exact) mass is 595 g/mol. The zero-order valence-electron chi connectivity index (χ0n) is 22.2. The summed E-state index contributed by atoms with van der Waals surface area (Å²) >= 11 is 12.7. The van der Waals surface area contributed by atoms with Crippen molar-refractivity contribution in [2.24, 2.45) is 11.3 Å². The molecule has 3 aliphatic heterocycles. The first-order valence-corrected chi connectivity index (χ1v) is 16.2. The van der Waals surface area contributed by atoms with Crippen LogP contribution in [0.2, 0.25) is 10.0 Å². The normalized spacial score (nSPS) is 29.7. The molecule has 6 rings (SSSR count). The summed E-state index contributed by atoms with van der Waals surface area (Å²) in [6.07, 6.45) is 12.9. The van der Waals surface area contributed by atoms with Crippen LogP contribution in [-0.2, 0) is 14.8 Å². The van der Waals surface area contributed by atoms with Crippen molar-refractivity contribution >= 4 is 39.2 Å². The van der Waals surface area contributed by atoms with E-state index < -0.39 is 10.0 Å². The first-order valence-electron chi connectivity index (χ1n) is 13.6. The van der Waals surface area contributed by atoms with Crippen molar-refractivity contribution in [1.29, 1.82) is 0 Å². The number of sulfonamides is 1. The number of halogens is 2. The molecule has 10 nitrogen and oxygen atoms in total. The Hall–Kier alpha value is -1.60. The van der Waals surface area contributed by atoms with Crippen LogP contribution in [0.1, 0.15) is 62.3 Å². The number of pyridine rings is 1. The Bertz CT molecular complexity index is 1280. The third-order valence-corrected chi connectivity index (χ3v) is 10.9. The van der Waals surface area contributed by atoms with Crippen LogP contribution >= 0.6 is 23.2 Å². The van der Waals surface area contributed by atoms with Gasteiger partial charge in [-0.05, 0) is 44.9 Å². The van der Waals surface area contributed by atoms with Gasteiger partial charge in [0, 0.05) is 73.6 Å². The lowest BCUT2D eigenvalue weighted by molar-refractivity contribution is -0.0370. The maximum Gasteiger partial charge on any atom is 0.225 e. The van der Waals surface area contributed by atoms with E-state index >= 15 is 0 Å². The molecule has 4 unspecified atom stereocenters. The van der Waals surface area contributed by atoms with Crippen LogP contribution in [0.5, 0.6) is 0 Å². The fraction of sp³-hybridized carbons (Fsp3) is 0.654. The molecule has 0 aromatic carbocycles. The number of hydrazine groups is 1. The number of fused-ring (bicyclic) bond motifs is 1. The minimum atomic E-state index is -3.11. The fourth-order valence-electron chi connectivity index (χ4n) is 6.81. The Morgan fingerprint density at radius 2 is 1.72 bits per heavy atom. The lowest BCUT2D eigenvalue weighted by atomic mass is 9.72. The number of anilines is 1. The molecule has 212 valence electrons. The number of hydrogen-bond acceptors (Lipinski definition) is 9. The summed E-state index contributed by atoms with van der Waals surface area (Å²) in [5.74, 6) is 1.09. The predicted molar refractivity (Wildman–Crippen MR) is 150 cm³/mol. The van der Waals surface area contributed by atoms with Crippen LogP contribution in [0.25, 0.3) is 0 Å². The van der Waals surface area contributed by atoms with E-state index in [2.05, 4.69) is 20.7 Å². The molecule has 3 saturated heterocycles. The number of piperidine rings is 1.